The Morgan fingerprint density at radius 2 is 1.88 bits per heavy atom. The molecule has 1 aromatic carbocycles. The Kier molecular flexibility index (Phi) is 2.70. The van der Waals surface area contributed by atoms with Gasteiger partial charge in [0.15, 0.2) is 0 Å². The van der Waals surface area contributed by atoms with Crippen molar-refractivity contribution in [3.05, 3.63) is 29.8 Å². The number of hydrogen-bond donors (Lipinski definition) is 1. The molecule has 1 fully saturated rings. The summed E-state index contributed by atoms with van der Waals surface area (Å²) in [5, 5.41) is 0. The van der Waals surface area contributed by atoms with Crippen molar-refractivity contribution < 1.29 is 21.6 Å². The lowest BCUT2D eigenvalue weighted by molar-refractivity contribution is -0.0436. The molecule has 94 valence electrons. The third kappa shape index (κ3) is 2.16. The summed E-state index contributed by atoms with van der Waals surface area (Å²) in [6.07, 6.45) is 0.676. The van der Waals surface area contributed by atoms with E-state index in [2.05, 4.69) is 0 Å². The molecule has 0 amide bonds. The van der Waals surface area contributed by atoms with Crippen LogP contribution in [0, 0.1) is 0 Å². The van der Waals surface area contributed by atoms with E-state index in [0.29, 0.717) is 12.0 Å². The third-order valence-corrected chi connectivity index (χ3v) is 4.23. The SMILES string of the molecule is NC1CC1c1cccc(S(=O)(=O)C(F)(F)F)c1. The lowest BCUT2D eigenvalue weighted by Gasteiger charge is -2.09. The predicted molar refractivity (Wildman–Crippen MR) is 55.0 cm³/mol. The monoisotopic (exact) mass is 265 g/mol. The van der Waals surface area contributed by atoms with Crippen LogP contribution in [0.3, 0.4) is 0 Å². The van der Waals surface area contributed by atoms with Gasteiger partial charge in [0.1, 0.15) is 0 Å². The molecule has 7 heteroatoms. The van der Waals surface area contributed by atoms with Crippen molar-refractivity contribution in [1.82, 2.24) is 0 Å². The predicted octanol–water partition coefficient (Wildman–Crippen LogP) is 1.79. The number of halogens is 3. The van der Waals surface area contributed by atoms with Crippen molar-refractivity contribution in [1.29, 1.82) is 0 Å². The van der Waals surface area contributed by atoms with Crippen molar-refractivity contribution in [3.63, 3.8) is 0 Å². The summed E-state index contributed by atoms with van der Waals surface area (Å²) >= 11 is 0. The van der Waals surface area contributed by atoms with Gasteiger partial charge in [0.05, 0.1) is 4.90 Å². The van der Waals surface area contributed by atoms with E-state index < -0.39 is 20.2 Å². The van der Waals surface area contributed by atoms with Crippen LogP contribution in [0.2, 0.25) is 0 Å². The zero-order valence-electron chi connectivity index (χ0n) is 8.61. The molecule has 0 saturated heterocycles. The summed E-state index contributed by atoms with van der Waals surface area (Å²) in [4.78, 5) is -0.721. The summed E-state index contributed by atoms with van der Waals surface area (Å²) in [5.74, 6) is -0.0293. The summed E-state index contributed by atoms with van der Waals surface area (Å²) in [6, 6.07) is 4.81. The van der Waals surface area contributed by atoms with Gasteiger partial charge in [-0.1, -0.05) is 12.1 Å². The first-order valence-corrected chi connectivity index (χ1v) is 6.38. The minimum atomic E-state index is -5.27. The van der Waals surface area contributed by atoms with Gasteiger partial charge in [0.25, 0.3) is 9.84 Å². The average Bonchev–Trinajstić information content (AvgIpc) is 2.94. The van der Waals surface area contributed by atoms with E-state index in [1.54, 1.807) is 6.07 Å². The Hall–Kier alpha value is -1.08. The molecule has 2 N–H and O–H groups in total. The van der Waals surface area contributed by atoms with Crippen molar-refractivity contribution in [3.8, 4) is 0 Å². The second-order valence-corrected chi connectivity index (χ2v) is 5.97. The molecular weight excluding hydrogens is 255 g/mol. The van der Waals surface area contributed by atoms with Crippen LogP contribution in [0.15, 0.2) is 29.2 Å². The number of nitrogens with two attached hydrogens (primary N) is 1. The summed E-state index contributed by atoms with van der Waals surface area (Å²) in [6.45, 7) is 0. The number of hydrogen-bond acceptors (Lipinski definition) is 3. The number of alkyl halides is 3. The molecule has 0 spiro atoms. The molecule has 1 aliphatic rings. The van der Waals surface area contributed by atoms with E-state index in [9.17, 15) is 21.6 Å². The maximum atomic E-state index is 12.3. The fourth-order valence-corrected chi connectivity index (χ4v) is 2.46. The summed E-state index contributed by atoms with van der Waals surface area (Å²) < 4.78 is 59.3. The van der Waals surface area contributed by atoms with Crippen molar-refractivity contribution in [2.75, 3.05) is 0 Å². The lowest BCUT2D eigenvalue weighted by atomic mass is 10.1. The van der Waals surface area contributed by atoms with Gasteiger partial charge in [-0.15, -0.1) is 0 Å². The molecule has 2 atom stereocenters. The van der Waals surface area contributed by atoms with Gasteiger partial charge in [0.2, 0.25) is 0 Å². The molecular formula is C10H10F3NO2S. The first kappa shape index (κ1) is 12.4. The van der Waals surface area contributed by atoms with Gasteiger partial charge < -0.3 is 5.73 Å². The lowest BCUT2D eigenvalue weighted by Crippen LogP contribution is -2.23. The molecule has 2 unspecified atom stereocenters. The highest BCUT2D eigenvalue weighted by Gasteiger charge is 2.47. The van der Waals surface area contributed by atoms with Crippen LogP contribution in [0.4, 0.5) is 13.2 Å². The van der Waals surface area contributed by atoms with Crippen LogP contribution in [0.25, 0.3) is 0 Å². The summed E-state index contributed by atoms with van der Waals surface area (Å²) in [7, 11) is -5.26. The van der Waals surface area contributed by atoms with E-state index in [1.807, 2.05) is 0 Å². The molecule has 1 aliphatic carbocycles. The molecule has 0 heterocycles. The largest absolute Gasteiger partial charge is 0.501 e. The van der Waals surface area contributed by atoms with E-state index in [-0.39, 0.29) is 12.0 Å². The highest BCUT2D eigenvalue weighted by atomic mass is 32.2. The van der Waals surface area contributed by atoms with Crippen LogP contribution in [-0.2, 0) is 9.84 Å². The molecule has 17 heavy (non-hydrogen) atoms. The zero-order valence-corrected chi connectivity index (χ0v) is 9.42. The highest BCUT2D eigenvalue weighted by molar-refractivity contribution is 7.92. The quantitative estimate of drug-likeness (QED) is 0.887. The Bertz CT molecular complexity index is 539. The minimum absolute atomic E-state index is 0.0293. The van der Waals surface area contributed by atoms with Gasteiger partial charge in [-0.05, 0) is 24.1 Å². The van der Waals surface area contributed by atoms with Crippen LogP contribution in [0.1, 0.15) is 17.9 Å². The second kappa shape index (κ2) is 3.71. The van der Waals surface area contributed by atoms with E-state index >= 15 is 0 Å². The van der Waals surface area contributed by atoms with Gasteiger partial charge in [0, 0.05) is 12.0 Å². The standard InChI is InChI=1S/C10H10F3NO2S/c11-10(12,13)17(15,16)7-3-1-2-6(4-7)8-5-9(8)14/h1-4,8-9H,5,14H2. The molecule has 1 aromatic rings. The first-order valence-electron chi connectivity index (χ1n) is 4.90. The van der Waals surface area contributed by atoms with Crippen molar-refractivity contribution in [2.24, 2.45) is 5.73 Å². The second-order valence-electron chi connectivity index (χ2n) is 4.03. The van der Waals surface area contributed by atoms with Gasteiger partial charge in [-0.3, -0.25) is 0 Å². The van der Waals surface area contributed by atoms with Gasteiger partial charge in [-0.2, -0.15) is 13.2 Å². The zero-order chi connectivity index (χ0) is 12.8. The average molecular weight is 265 g/mol. The van der Waals surface area contributed by atoms with Crippen LogP contribution in [0.5, 0.6) is 0 Å². The van der Waals surface area contributed by atoms with E-state index in [1.165, 1.54) is 6.07 Å². The topological polar surface area (TPSA) is 60.2 Å². The third-order valence-electron chi connectivity index (χ3n) is 2.74. The molecule has 0 aromatic heterocycles. The summed E-state index contributed by atoms with van der Waals surface area (Å²) in [5.41, 5.74) is 0.849. The normalized spacial score (nSPS) is 24.7. The van der Waals surface area contributed by atoms with Crippen LogP contribution >= 0.6 is 0 Å². The van der Waals surface area contributed by atoms with Crippen LogP contribution < -0.4 is 5.73 Å². The Morgan fingerprint density at radius 1 is 1.29 bits per heavy atom. The maximum Gasteiger partial charge on any atom is 0.501 e. The van der Waals surface area contributed by atoms with Crippen molar-refractivity contribution >= 4 is 9.84 Å². The minimum Gasteiger partial charge on any atom is -0.327 e. The Balaban J connectivity index is 2.41. The molecule has 0 bridgehead atoms. The molecule has 3 nitrogen and oxygen atoms in total. The van der Waals surface area contributed by atoms with Crippen molar-refractivity contribution in [2.45, 2.75) is 28.8 Å². The Labute approximate surface area is 96.3 Å². The Morgan fingerprint density at radius 3 is 2.35 bits per heavy atom. The fourth-order valence-electron chi connectivity index (χ4n) is 1.64. The van der Waals surface area contributed by atoms with Crippen LogP contribution in [-0.4, -0.2) is 20.0 Å². The smallest absolute Gasteiger partial charge is 0.327 e. The molecule has 1 saturated carbocycles. The fraction of sp³-hybridized carbons (Fsp3) is 0.400. The van der Waals surface area contributed by atoms with Gasteiger partial charge >= 0.3 is 5.51 Å². The number of benzene rings is 1. The molecule has 2 rings (SSSR count). The molecule has 0 radical (unpaired) electrons. The maximum absolute atomic E-state index is 12.3. The first-order chi connectivity index (χ1) is 7.73. The van der Waals surface area contributed by atoms with Gasteiger partial charge in [-0.25, -0.2) is 8.42 Å². The number of rotatable bonds is 2. The molecule has 0 aliphatic heterocycles. The van der Waals surface area contributed by atoms with E-state index in [0.717, 1.165) is 12.1 Å². The highest BCUT2D eigenvalue weighted by Crippen LogP contribution is 2.40. The van der Waals surface area contributed by atoms with E-state index in [4.69, 9.17) is 5.73 Å². The number of sulfone groups is 1.